The summed E-state index contributed by atoms with van der Waals surface area (Å²) in [6.45, 7) is 0.397. The molecule has 0 amide bonds. The van der Waals surface area contributed by atoms with Gasteiger partial charge in [0.1, 0.15) is 0 Å². The average molecular weight is 148 g/mol. The van der Waals surface area contributed by atoms with Crippen LogP contribution in [0, 0.1) is 11.3 Å². The molecule has 1 aromatic rings. The van der Waals surface area contributed by atoms with Crippen molar-refractivity contribution in [1.29, 1.82) is 5.26 Å². The van der Waals surface area contributed by atoms with Gasteiger partial charge >= 0.3 is 0 Å². The molecule has 1 rings (SSSR count). The van der Waals surface area contributed by atoms with Crippen LogP contribution in [0.25, 0.3) is 0 Å². The fourth-order valence-corrected chi connectivity index (χ4v) is 0.801. The molecule has 0 radical (unpaired) electrons. The van der Waals surface area contributed by atoms with Crippen LogP contribution < -0.4 is 9.69 Å². The molecular weight excluding hydrogens is 138 g/mol. The third kappa shape index (κ3) is 1.94. The average Bonchev–Trinajstić information content (AvgIpc) is 2.07. The highest BCUT2D eigenvalue weighted by Crippen LogP contribution is 1.77. The van der Waals surface area contributed by atoms with Crippen LogP contribution in [0.5, 0.6) is 0 Å². The summed E-state index contributed by atoms with van der Waals surface area (Å²) in [5.74, 6) is 0. The first-order valence-electron chi connectivity index (χ1n) is 3.39. The lowest BCUT2D eigenvalue weighted by atomic mass is 10.5. The van der Waals surface area contributed by atoms with Gasteiger partial charge < -0.3 is 0 Å². The van der Waals surface area contributed by atoms with Gasteiger partial charge in [-0.25, -0.2) is 0 Å². The fraction of sp³-hybridized carbons (Fsp3) is 0.250. The smallest absolute Gasteiger partial charge is 0.196 e. The number of pyridine rings is 1. The summed E-state index contributed by atoms with van der Waals surface area (Å²) in [7, 11) is 1.86. The van der Waals surface area contributed by atoms with E-state index in [1.54, 1.807) is 0 Å². The Morgan fingerprint density at radius 2 is 2.00 bits per heavy atom. The summed E-state index contributed by atoms with van der Waals surface area (Å²) in [6, 6.07) is 7.86. The Morgan fingerprint density at radius 1 is 1.36 bits per heavy atom. The molecule has 1 heterocycles. The monoisotopic (exact) mass is 148 g/mol. The molecule has 0 aliphatic carbocycles. The zero-order chi connectivity index (χ0) is 8.10. The van der Waals surface area contributed by atoms with E-state index in [2.05, 4.69) is 6.07 Å². The van der Waals surface area contributed by atoms with Gasteiger partial charge in [0.15, 0.2) is 18.9 Å². The second kappa shape index (κ2) is 3.57. The molecule has 0 aliphatic rings. The standard InChI is InChI=1S/C8H10N3/c1-10(8-5-9)11-6-3-2-4-7-11/h2-4,6-7H,8H2,1H3/q+1. The van der Waals surface area contributed by atoms with Gasteiger partial charge in [0.2, 0.25) is 0 Å². The van der Waals surface area contributed by atoms with E-state index in [0.717, 1.165) is 0 Å². The zero-order valence-electron chi connectivity index (χ0n) is 6.44. The topological polar surface area (TPSA) is 30.9 Å². The van der Waals surface area contributed by atoms with Gasteiger partial charge in [-0.15, -0.1) is 0 Å². The van der Waals surface area contributed by atoms with E-state index >= 15 is 0 Å². The van der Waals surface area contributed by atoms with Crippen molar-refractivity contribution in [3.8, 4) is 6.07 Å². The van der Waals surface area contributed by atoms with Crippen LogP contribution in [-0.2, 0) is 0 Å². The zero-order valence-corrected chi connectivity index (χ0v) is 6.44. The molecule has 0 unspecified atom stereocenters. The Morgan fingerprint density at radius 3 is 2.55 bits per heavy atom. The van der Waals surface area contributed by atoms with Crippen LogP contribution in [0.2, 0.25) is 0 Å². The first kappa shape index (κ1) is 7.55. The molecule has 0 fully saturated rings. The van der Waals surface area contributed by atoms with Crippen molar-refractivity contribution in [3.63, 3.8) is 0 Å². The van der Waals surface area contributed by atoms with Gasteiger partial charge in [0, 0.05) is 12.1 Å². The maximum atomic E-state index is 8.39. The molecule has 0 saturated carbocycles. The molecule has 0 bridgehead atoms. The van der Waals surface area contributed by atoms with Crippen LogP contribution in [-0.4, -0.2) is 13.6 Å². The molecular formula is C8H10N3+. The van der Waals surface area contributed by atoms with Crippen LogP contribution in [0.1, 0.15) is 0 Å². The summed E-state index contributed by atoms with van der Waals surface area (Å²) in [6.07, 6.45) is 3.80. The first-order valence-corrected chi connectivity index (χ1v) is 3.39. The van der Waals surface area contributed by atoms with Gasteiger partial charge in [-0.05, 0) is 0 Å². The summed E-state index contributed by atoms with van der Waals surface area (Å²) >= 11 is 0. The van der Waals surface area contributed by atoms with Crippen LogP contribution in [0.3, 0.4) is 0 Å². The van der Waals surface area contributed by atoms with Crippen LogP contribution in [0.4, 0.5) is 0 Å². The summed E-state index contributed by atoms with van der Waals surface area (Å²) in [5.41, 5.74) is 0. The predicted molar refractivity (Wildman–Crippen MR) is 41.3 cm³/mol. The third-order valence-corrected chi connectivity index (χ3v) is 1.39. The van der Waals surface area contributed by atoms with E-state index in [4.69, 9.17) is 5.26 Å². The molecule has 3 nitrogen and oxygen atoms in total. The number of rotatable bonds is 2. The normalized spacial score (nSPS) is 8.73. The van der Waals surface area contributed by atoms with E-state index in [1.165, 1.54) is 0 Å². The van der Waals surface area contributed by atoms with E-state index in [0.29, 0.717) is 6.54 Å². The lowest BCUT2D eigenvalue weighted by Gasteiger charge is -2.05. The second-order valence-corrected chi connectivity index (χ2v) is 2.23. The van der Waals surface area contributed by atoms with E-state index < -0.39 is 0 Å². The quantitative estimate of drug-likeness (QED) is 0.439. The predicted octanol–water partition coefficient (Wildman–Crippen LogP) is 0.0655. The Bertz CT molecular complexity index is 250. The van der Waals surface area contributed by atoms with E-state index in [1.807, 2.05) is 47.3 Å². The maximum absolute atomic E-state index is 8.39. The van der Waals surface area contributed by atoms with E-state index in [9.17, 15) is 0 Å². The van der Waals surface area contributed by atoms with E-state index in [-0.39, 0.29) is 0 Å². The minimum Gasteiger partial charge on any atom is -0.196 e. The molecule has 1 aromatic heterocycles. The number of hydrogen-bond acceptors (Lipinski definition) is 2. The van der Waals surface area contributed by atoms with Gasteiger partial charge in [0.05, 0.1) is 13.1 Å². The molecule has 0 aliphatic heterocycles. The molecule has 0 aromatic carbocycles. The molecule has 0 N–H and O–H groups in total. The second-order valence-electron chi connectivity index (χ2n) is 2.23. The Kier molecular flexibility index (Phi) is 2.45. The van der Waals surface area contributed by atoms with Crippen molar-refractivity contribution >= 4 is 0 Å². The minimum absolute atomic E-state index is 0.397. The molecule has 0 atom stereocenters. The fourth-order valence-electron chi connectivity index (χ4n) is 0.801. The van der Waals surface area contributed by atoms with Gasteiger partial charge in [0.25, 0.3) is 0 Å². The lowest BCUT2D eigenvalue weighted by molar-refractivity contribution is -0.689. The highest BCUT2D eigenvalue weighted by molar-refractivity contribution is 4.87. The maximum Gasteiger partial charge on any atom is 0.199 e. The highest BCUT2D eigenvalue weighted by atomic mass is 15.5. The summed E-state index contributed by atoms with van der Waals surface area (Å²) in [4.78, 5) is 0. The molecule has 3 heteroatoms. The Hall–Kier alpha value is -1.56. The lowest BCUT2D eigenvalue weighted by Crippen LogP contribution is -2.54. The van der Waals surface area contributed by atoms with Crippen molar-refractivity contribution in [1.82, 2.24) is 0 Å². The van der Waals surface area contributed by atoms with Gasteiger partial charge in [-0.3, -0.25) is 0 Å². The van der Waals surface area contributed by atoms with Crippen LogP contribution >= 0.6 is 0 Å². The Balaban J connectivity index is 2.70. The molecule has 0 spiro atoms. The molecule has 11 heavy (non-hydrogen) atoms. The largest absolute Gasteiger partial charge is 0.199 e. The SMILES string of the molecule is CN(CC#N)[n+]1ccccc1. The minimum atomic E-state index is 0.397. The molecule has 56 valence electrons. The van der Waals surface area contributed by atoms with Crippen molar-refractivity contribution in [2.75, 3.05) is 18.6 Å². The number of hydrogen-bond donors (Lipinski definition) is 0. The van der Waals surface area contributed by atoms with Crippen LogP contribution in [0.15, 0.2) is 30.6 Å². The van der Waals surface area contributed by atoms with Gasteiger partial charge in [-0.1, -0.05) is 10.7 Å². The number of nitriles is 1. The Labute approximate surface area is 66.1 Å². The van der Waals surface area contributed by atoms with Crippen molar-refractivity contribution in [3.05, 3.63) is 30.6 Å². The van der Waals surface area contributed by atoms with Gasteiger partial charge in [-0.2, -0.15) is 10.3 Å². The van der Waals surface area contributed by atoms with Crippen molar-refractivity contribution < 1.29 is 4.68 Å². The van der Waals surface area contributed by atoms with Crippen molar-refractivity contribution in [2.24, 2.45) is 0 Å². The van der Waals surface area contributed by atoms with Crippen molar-refractivity contribution in [2.45, 2.75) is 0 Å². The number of nitrogens with zero attached hydrogens (tertiary/aromatic N) is 3. The first-order chi connectivity index (χ1) is 5.34. The summed E-state index contributed by atoms with van der Waals surface area (Å²) < 4.78 is 1.86. The number of aromatic nitrogens is 1. The third-order valence-electron chi connectivity index (χ3n) is 1.39. The molecule has 0 saturated heterocycles. The highest BCUT2D eigenvalue weighted by Gasteiger charge is 2.02. The summed E-state index contributed by atoms with van der Waals surface area (Å²) in [5, 5.41) is 10.2.